The van der Waals surface area contributed by atoms with Gasteiger partial charge in [0.05, 0.1) is 6.67 Å². The molecule has 0 bridgehead atoms. The van der Waals surface area contributed by atoms with Crippen molar-refractivity contribution in [2.75, 3.05) is 20.3 Å². The van der Waals surface area contributed by atoms with Crippen molar-refractivity contribution in [1.29, 1.82) is 0 Å². The summed E-state index contributed by atoms with van der Waals surface area (Å²) in [5, 5.41) is 3.25. The van der Waals surface area contributed by atoms with Gasteiger partial charge in [-0.15, -0.1) is 0 Å². The first-order chi connectivity index (χ1) is 6.70. The first-order valence-electron chi connectivity index (χ1n) is 4.59. The molecule has 1 aliphatic rings. The van der Waals surface area contributed by atoms with E-state index in [1.54, 1.807) is 12.1 Å². The fourth-order valence-corrected chi connectivity index (χ4v) is 1.58. The van der Waals surface area contributed by atoms with Gasteiger partial charge in [-0.1, -0.05) is 0 Å². The molecule has 0 aromatic heterocycles. The van der Waals surface area contributed by atoms with Crippen LogP contribution in [0.15, 0.2) is 0 Å². The predicted octanol–water partition coefficient (Wildman–Crippen LogP) is -1.30. The third kappa shape index (κ3) is 2.28. The van der Waals surface area contributed by atoms with E-state index < -0.39 is 0 Å². The van der Waals surface area contributed by atoms with Crippen LogP contribution in [0.25, 0.3) is 0 Å². The molecule has 6 nitrogen and oxygen atoms in total. The average molecular weight is 200 g/mol. The summed E-state index contributed by atoms with van der Waals surface area (Å²) < 4.78 is 0. The lowest BCUT2D eigenvalue weighted by Gasteiger charge is -2.27. The van der Waals surface area contributed by atoms with Gasteiger partial charge in [-0.05, 0) is 20.4 Å². The molecule has 0 aliphatic carbocycles. The Morgan fingerprint density at radius 2 is 2.36 bits per heavy atom. The number of carbonyl (C=O) groups excluding carboxylic acids is 2. The Bertz CT molecular complexity index is 221. The largest absolute Gasteiger partial charge is 0.298 e. The first kappa shape index (κ1) is 11.1. The number of amides is 1. The summed E-state index contributed by atoms with van der Waals surface area (Å²) in [7, 11) is 1.75. The minimum Gasteiger partial charge on any atom is -0.298 e. The van der Waals surface area contributed by atoms with Crippen molar-refractivity contribution in [3.63, 3.8) is 0 Å². The number of hydrazine groups is 2. The standard InChI is InChI=1S/C8H16N4O2/c1-7(14)8-3-4-11(5-10-9-2)12(8)6-13/h6,8-10H,3-5H2,1-2H3. The van der Waals surface area contributed by atoms with Crippen LogP contribution in [0.1, 0.15) is 13.3 Å². The predicted molar refractivity (Wildman–Crippen MR) is 50.8 cm³/mol. The van der Waals surface area contributed by atoms with Crippen molar-refractivity contribution in [2.24, 2.45) is 0 Å². The van der Waals surface area contributed by atoms with Crippen molar-refractivity contribution in [3.8, 4) is 0 Å². The molecule has 1 rings (SSSR count). The zero-order chi connectivity index (χ0) is 10.6. The molecule has 2 N–H and O–H groups in total. The molecule has 0 saturated carbocycles. The minimum absolute atomic E-state index is 0.0315. The van der Waals surface area contributed by atoms with Gasteiger partial charge in [0.15, 0.2) is 5.78 Å². The van der Waals surface area contributed by atoms with Crippen molar-refractivity contribution in [3.05, 3.63) is 0 Å². The molecule has 1 unspecified atom stereocenters. The van der Waals surface area contributed by atoms with E-state index >= 15 is 0 Å². The molecule has 0 radical (unpaired) electrons. The highest BCUT2D eigenvalue weighted by molar-refractivity contribution is 5.83. The van der Waals surface area contributed by atoms with Crippen molar-refractivity contribution in [1.82, 2.24) is 20.9 Å². The van der Waals surface area contributed by atoms with Gasteiger partial charge in [-0.2, -0.15) is 0 Å². The quantitative estimate of drug-likeness (QED) is 0.427. The Labute approximate surface area is 83.2 Å². The SMILES string of the molecule is CNNCN1CCC(C(C)=O)N1C=O. The molecular weight excluding hydrogens is 184 g/mol. The monoisotopic (exact) mass is 200 g/mol. The van der Waals surface area contributed by atoms with Crippen LogP contribution in [0, 0.1) is 0 Å². The fourth-order valence-electron chi connectivity index (χ4n) is 1.58. The fraction of sp³-hybridized carbons (Fsp3) is 0.750. The maximum Gasteiger partial charge on any atom is 0.224 e. The number of nitrogens with one attached hydrogen (secondary N) is 2. The highest BCUT2D eigenvalue weighted by atomic mass is 16.2. The number of hydrogen-bond acceptors (Lipinski definition) is 5. The second-order valence-electron chi connectivity index (χ2n) is 3.22. The lowest BCUT2D eigenvalue weighted by Crippen LogP contribution is -2.48. The Morgan fingerprint density at radius 1 is 1.64 bits per heavy atom. The van der Waals surface area contributed by atoms with Gasteiger partial charge >= 0.3 is 0 Å². The lowest BCUT2D eigenvalue weighted by atomic mass is 10.1. The average Bonchev–Trinajstić information content (AvgIpc) is 2.57. The van der Waals surface area contributed by atoms with Crippen molar-refractivity contribution < 1.29 is 9.59 Å². The van der Waals surface area contributed by atoms with Crippen LogP contribution in [0.5, 0.6) is 0 Å². The molecule has 80 valence electrons. The van der Waals surface area contributed by atoms with Crippen molar-refractivity contribution >= 4 is 12.2 Å². The van der Waals surface area contributed by atoms with Gasteiger partial charge in [0.1, 0.15) is 6.04 Å². The van der Waals surface area contributed by atoms with Crippen LogP contribution in [-0.2, 0) is 9.59 Å². The number of ketones is 1. The van der Waals surface area contributed by atoms with Gasteiger partial charge in [-0.25, -0.2) is 10.4 Å². The van der Waals surface area contributed by atoms with Gasteiger partial charge in [0.2, 0.25) is 6.41 Å². The number of rotatable bonds is 5. The van der Waals surface area contributed by atoms with E-state index in [2.05, 4.69) is 10.9 Å². The Kier molecular flexibility index (Phi) is 3.99. The molecule has 0 aromatic rings. The third-order valence-corrected chi connectivity index (χ3v) is 2.32. The zero-order valence-corrected chi connectivity index (χ0v) is 8.49. The highest BCUT2D eigenvalue weighted by Crippen LogP contribution is 2.15. The molecular formula is C8H16N4O2. The van der Waals surface area contributed by atoms with Gasteiger partial charge in [0, 0.05) is 6.54 Å². The molecule has 6 heteroatoms. The summed E-state index contributed by atoms with van der Waals surface area (Å²) in [6, 6.07) is -0.286. The van der Waals surface area contributed by atoms with Gasteiger partial charge < -0.3 is 0 Å². The van der Waals surface area contributed by atoms with Crippen LogP contribution in [0.2, 0.25) is 0 Å². The Hall–Kier alpha value is -0.980. The molecule has 1 aliphatic heterocycles. The molecule has 1 atom stereocenters. The molecule has 1 heterocycles. The van der Waals surface area contributed by atoms with Crippen LogP contribution >= 0.6 is 0 Å². The second-order valence-corrected chi connectivity index (χ2v) is 3.22. The maximum atomic E-state index is 11.2. The number of hydrogen-bond donors (Lipinski definition) is 2. The summed E-state index contributed by atoms with van der Waals surface area (Å²) >= 11 is 0. The van der Waals surface area contributed by atoms with Crippen LogP contribution in [0.4, 0.5) is 0 Å². The van der Waals surface area contributed by atoms with E-state index in [-0.39, 0.29) is 11.8 Å². The number of nitrogens with zero attached hydrogens (tertiary/aromatic N) is 2. The smallest absolute Gasteiger partial charge is 0.224 e. The first-order valence-corrected chi connectivity index (χ1v) is 4.59. The summed E-state index contributed by atoms with van der Waals surface area (Å²) in [4.78, 5) is 22.0. The topological polar surface area (TPSA) is 64.7 Å². The summed E-state index contributed by atoms with van der Waals surface area (Å²) in [5.41, 5.74) is 5.64. The van der Waals surface area contributed by atoms with Crippen molar-refractivity contribution in [2.45, 2.75) is 19.4 Å². The summed E-state index contributed by atoms with van der Waals surface area (Å²) in [6.07, 6.45) is 1.41. The number of Topliss-reactive ketones (excluding diaryl/α,β-unsaturated/α-hetero) is 1. The summed E-state index contributed by atoms with van der Waals surface area (Å²) in [6.45, 7) is 2.74. The second kappa shape index (κ2) is 5.04. The molecule has 0 spiro atoms. The Morgan fingerprint density at radius 3 is 2.86 bits per heavy atom. The van der Waals surface area contributed by atoms with Crippen LogP contribution in [-0.4, -0.2) is 48.5 Å². The van der Waals surface area contributed by atoms with E-state index in [0.717, 1.165) is 6.54 Å². The van der Waals surface area contributed by atoms with E-state index in [9.17, 15) is 9.59 Å². The lowest BCUT2D eigenvalue weighted by molar-refractivity contribution is -0.140. The normalized spacial score (nSPS) is 22.7. The van der Waals surface area contributed by atoms with Crippen LogP contribution in [0.3, 0.4) is 0 Å². The molecule has 0 aromatic carbocycles. The van der Waals surface area contributed by atoms with E-state index in [4.69, 9.17) is 0 Å². The molecule has 1 saturated heterocycles. The van der Waals surface area contributed by atoms with Gasteiger partial charge in [-0.3, -0.25) is 20.0 Å². The molecule has 1 fully saturated rings. The van der Waals surface area contributed by atoms with Gasteiger partial charge in [0.25, 0.3) is 0 Å². The maximum absolute atomic E-state index is 11.2. The van der Waals surface area contributed by atoms with Crippen LogP contribution < -0.4 is 10.9 Å². The molecule has 14 heavy (non-hydrogen) atoms. The third-order valence-electron chi connectivity index (χ3n) is 2.32. The highest BCUT2D eigenvalue weighted by Gasteiger charge is 2.33. The number of carbonyl (C=O) groups is 2. The minimum atomic E-state index is -0.286. The van der Waals surface area contributed by atoms with E-state index in [1.165, 1.54) is 11.9 Å². The zero-order valence-electron chi connectivity index (χ0n) is 8.49. The van der Waals surface area contributed by atoms with E-state index in [0.29, 0.717) is 19.5 Å². The van der Waals surface area contributed by atoms with E-state index in [1.807, 2.05) is 0 Å². The Balaban J connectivity index is 2.54. The molecule has 1 amide bonds. The summed E-state index contributed by atoms with van der Waals surface area (Å²) in [5.74, 6) is 0.0315.